The third-order valence-electron chi connectivity index (χ3n) is 8.99. The van der Waals surface area contributed by atoms with Crippen LogP contribution in [0.25, 0.3) is 22.8 Å². The van der Waals surface area contributed by atoms with Gasteiger partial charge in [0.1, 0.15) is 70.3 Å². The maximum atomic E-state index is 13.0. The Labute approximate surface area is 369 Å². The lowest BCUT2D eigenvalue weighted by molar-refractivity contribution is -0.142. The van der Waals surface area contributed by atoms with Gasteiger partial charge in [0.15, 0.2) is 11.6 Å². The molecule has 2 aromatic heterocycles. The minimum absolute atomic E-state index is 0.0287. The van der Waals surface area contributed by atoms with Crippen molar-refractivity contribution >= 4 is 23.7 Å². The van der Waals surface area contributed by atoms with Crippen LogP contribution in [0.3, 0.4) is 0 Å². The van der Waals surface area contributed by atoms with E-state index in [0.717, 1.165) is 0 Å². The second-order valence-corrected chi connectivity index (χ2v) is 13.9. The van der Waals surface area contributed by atoms with Crippen molar-refractivity contribution in [2.45, 2.75) is 38.1 Å². The molecule has 0 aliphatic carbocycles. The first kappa shape index (κ1) is 48.3. The van der Waals surface area contributed by atoms with E-state index in [2.05, 4.69) is 35.3 Å². The molecule has 0 radical (unpaired) electrons. The number of nitrogens with zero attached hydrogens (tertiary/aromatic N) is 4. The van der Waals surface area contributed by atoms with Crippen molar-refractivity contribution in [1.29, 1.82) is 0 Å². The number of hydrogen-bond acceptors (Lipinski definition) is 15. The van der Waals surface area contributed by atoms with Gasteiger partial charge in [-0.15, -0.1) is 0 Å². The number of aromatic nitrogens is 4. The molecule has 8 N–H and O–H groups in total. The van der Waals surface area contributed by atoms with Crippen molar-refractivity contribution in [3.63, 3.8) is 0 Å². The molecular weight excluding hydrogens is 853 g/mol. The Morgan fingerprint density at radius 2 is 0.923 bits per heavy atom. The summed E-state index contributed by atoms with van der Waals surface area (Å²) < 4.78 is 42.0. The SMILES string of the molecule is COC(=O)[C@H](C)NC(=O)c1cc([C@H](O)CO)nc(-c2ccc(Oc3ccc(F)cc3)cc2)n1.C[C@H](NC(=O)c1cc([C@H](O)CO)nc(-c2ccc(Oc3ccc(F)cc3)cc2)n1)C(N)=O. The number of methoxy groups -OCH3 is 1. The molecule has 0 saturated carbocycles. The van der Waals surface area contributed by atoms with E-state index >= 15 is 0 Å². The minimum Gasteiger partial charge on any atom is -0.467 e. The molecule has 0 fully saturated rings. The van der Waals surface area contributed by atoms with E-state index in [-0.39, 0.29) is 46.1 Å². The molecule has 0 spiro atoms. The largest absolute Gasteiger partial charge is 0.467 e. The highest BCUT2D eigenvalue weighted by Crippen LogP contribution is 2.28. The number of aliphatic hydroxyl groups is 4. The molecule has 6 aromatic rings. The number of nitrogens with two attached hydrogens (primary N) is 1. The van der Waals surface area contributed by atoms with E-state index in [9.17, 15) is 48.4 Å². The molecule has 0 bridgehead atoms. The van der Waals surface area contributed by atoms with Gasteiger partial charge in [-0.05, 0) is 123 Å². The van der Waals surface area contributed by atoms with Crippen LogP contribution in [0, 0.1) is 11.6 Å². The maximum absolute atomic E-state index is 13.0. The second-order valence-electron chi connectivity index (χ2n) is 13.9. The summed E-state index contributed by atoms with van der Waals surface area (Å²) in [5.41, 5.74) is 6.01. The molecular formula is C45H43F2N7O11. The van der Waals surface area contributed by atoms with Crippen LogP contribution in [-0.4, -0.2) is 96.5 Å². The average molecular weight is 896 g/mol. The molecule has 0 saturated heterocycles. The number of benzene rings is 4. The quantitative estimate of drug-likeness (QED) is 0.0674. The van der Waals surface area contributed by atoms with Gasteiger partial charge in [-0.25, -0.2) is 33.5 Å². The number of nitrogens with one attached hydrogen (secondary N) is 2. The third kappa shape index (κ3) is 13.6. The summed E-state index contributed by atoms with van der Waals surface area (Å²) in [4.78, 5) is 64.8. The van der Waals surface area contributed by atoms with Crippen LogP contribution < -0.4 is 25.8 Å². The Hall–Kier alpha value is -7.78. The molecule has 18 nitrogen and oxygen atoms in total. The van der Waals surface area contributed by atoms with Gasteiger partial charge in [0.05, 0.1) is 31.7 Å². The van der Waals surface area contributed by atoms with Crippen LogP contribution in [-0.2, 0) is 14.3 Å². The molecule has 4 atom stereocenters. The zero-order valence-corrected chi connectivity index (χ0v) is 34.9. The van der Waals surface area contributed by atoms with Gasteiger partial charge >= 0.3 is 5.97 Å². The van der Waals surface area contributed by atoms with Gasteiger partial charge in [0, 0.05) is 11.1 Å². The molecule has 0 aliphatic heterocycles. The number of rotatable bonds is 16. The van der Waals surface area contributed by atoms with E-state index < -0.39 is 61.2 Å². The van der Waals surface area contributed by atoms with Crippen molar-refractivity contribution in [2.24, 2.45) is 5.73 Å². The summed E-state index contributed by atoms with van der Waals surface area (Å²) in [5, 5.41) is 43.5. The first-order chi connectivity index (χ1) is 31.1. The highest BCUT2D eigenvalue weighted by molar-refractivity contribution is 5.96. The molecule has 0 unspecified atom stereocenters. The minimum atomic E-state index is -1.34. The molecule has 6 rings (SSSR count). The lowest BCUT2D eigenvalue weighted by atomic mass is 10.1. The van der Waals surface area contributed by atoms with Gasteiger partial charge in [-0.1, -0.05) is 0 Å². The van der Waals surface area contributed by atoms with Crippen LogP contribution in [0.2, 0.25) is 0 Å². The van der Waals surface area contributed by atoms with E-state index in [1.54, 1.807) is 48.5 Å². The zero-order chi connectivity index (χ0) is 47.2. The number of ether oxygens (including phenoxy) is 3. The number of hydrogen-bond donors (Lipinski definition) is 7. The number of carbonyl (C=O) groups excluding carboxylic acids is 4. The molecule has 65 heavy (non-hydrogen) atoms. The summed E-state index contributed by atoms with van der Waals surface area (Å²) in [7, 11) is 1.20. The van der Waals surface area contributed by atoms with Crippen molar-refractivity contribution in [3.05, 3.63) is 144 Å². The fourth-order valence-corrected chi connectivity index (χ4v) is 5.42. The van der Waals surface area contributed by atoms with Gasteiger partial charge in [-0.3, -0.25) is 14.4 Å². The summed E-state index contributed by atoms with van der Waals surface area (Å²) in [6.07, 6.45) is -2.67. The number of aliphatic hydroxyl groups excluding tert-OH is 4. The fraction of sp³-hybridized carbons (Fsp3) is 0.200. The highest BCUT2D eigenvalue weighted by Gasteiger charge is 2.22. The Morgan fingerprint density at radius 1 is 0.585 bits per heavy atom. The Morgan fingerprint density at radius 3 is 1.25 bits per heavy atom. The highest BCUT2D eigenvalue weighted by atomic mass is 19.1. The first-order valence-electron chi connectivity index (χ1n) is 19.5. The normalized spacial score (nSPS) is 12.6. The third-order valence-corrected chi connectivity index (χ3v) is 8.99. The number of carbonyl (C=O) groups is 4. The first-order valence-corrected chi connectivity index (χ1v) is 19.5. The van der Waals surface area contributed by atoms with Crippen molar-refractivity contribution < 1.29 is 62.6 Å². The van der Waals surface area contributed by atoms with E-state index in [0.29, 0.717) is 34.1 Å². The Kier molecular flexibility index (Phi) is 16.7. The van der Waals surface area contributed by atoms with Crippen LogP contribution in [0.1, 0.15) is 58.4 Å². The Balaban J connectivity index is 0.000000244. The van der Waals surface area contributed by atoms with E-state index in [1.807, 2.05) is 0 Å². The number of primary amides is 1. The van der Waals surface area contributed by atoms with Gasteiger partial charge < -0.3 is 51.0 Å². The number of amides is 3. The number of halogens is 2. The topological polar surface area (TPSA) is 279 Å². The summed E-state index contributed by atoms with van der Waals surface area (Å²) in [5.74, 6) is -1.41. The van der Waals surface area contributed by atoms with Gasteiger partial charge in [0.25, 0.3) is 11.8 Å². The average Bonchev–Trinajstić information content (AvgIpc) is 3.32. The summed E-state index contributed by atoms with van der Waals surface area (Å²) in [6.45, 7) is 1.65. The molecule has 2 heterocycles. The molecule has 0 aliphatic rings. The van der Waals surface area contributed by atoms with Crippen LogP contribution >= 0.6 is 0 Å². The molecule has 338 valence electrons. The molecule has 4 aromatic carbocycles. The predicted octanol–water partition coefficient (Wildman–Crippen LogP) is 4.10. The van der Waals surface area contributed by atoms with Crippen molar-refractivity contribution in [3.8, 4) is 45.8 Å². The van der Waals surface area contributed by atoms with Crippen LogP contribution in [0.5, 0.6) is 23.0 Å². The van der Waals surface area contributed by atoms with Crippen molar-refractivity contribution in [1.82, 2.24) is 30.6 Å². The van der Waals surface area contributed by atoms with E-state index in [1.165, 1.54) is 81.6 Å². The van der Waals surface area contributed by atoms with E-state index in [4.69, 9.17) is 15.2 Å². The fourth-order valence-electron chi connectivity index (χ4n) is 5.42. The van der Waals surface area contributed by atoms with Gasteiger partial charge in [0.2, 0.25) is 5.91 Å². The van der Waals surface area contributed by atoms with Crippen LogP contribution in [0.15, 0.2) is 109 Å². The standard InChI is InChI=1S/C23H22FN3O6.C22H21FN4O5/c1-13(23(31)32-2)25-22(30)19-11-18(20(29)12-28)26-21(27-19)14-3-7-16(8-4-14)33-17-9-5-15(24)6-10-17;1-12(20(24)30)25-22(31)18-10-17(19(29)11-28)26-21(27-18)13-2-6-15(7-3-13)32-16-8-4-14(23)5-9-16/h3-11,13,20,28-29H,12H2,1-2H3,(H,25,30);2-10,12,19,28-29H,11H2,1H3,(H2,24,30)(H,25,31)/t13-,20+;12-,19+/m00/s1. The number of esters is 1. The second kappa shape index (κ2) is 22.5. The Bertz CT molecular complexity index is 2590. The molecule has 20 heteroatoms. The van der Waals surface area contributed by atoms with Crippen LogP contribution in [0.4, 0.5) is 8.78 Å². The van der Waals surface area contributed by atoms with Gasteiger partial charge in [-0.2, -0.15) is 0 Å². The summed E-state index contributed by atoms with van der Waals surface area (Å²) >= 11 is 0. The lowest BCUT2D eigenvalue weighted by Crippen LogP contribution is -2.42. The maximum Gasteiger partial charge on any atom is 0.328 e. The summed E-state index contributed by atoms with van der Waals surface area (Å²) in [6, 6.07) is 24.8. The predicted molar refractivity (Wildman–Crippen MR) is 227 cm³/mol. The lowest BCUT2D eigenvalue weighted by Gasteiger charge is -2.14. The van der Waals surface area contributed by atoms with Crippen molar-refractivity contribution in [2.75, 3.05) is 20.3 Å². The smallest absolute Gasteiger partial charge is 0.328 e. The zero-order valence-electron chi connectivity index (χ0n) is 34.9. The molecule has 3 amide bonds. The monoisotopic (exact) mass is 895 g/mol.